The summed E-state index contributed by atoms with van der Waals surface area (Å²) >= 11 is 1.37. The number of hydrogen-bond acceptors (Lipinski definition) is 6. The van der Waals surface area contributed by atoms with Crippen LogP contribution in [0.1, 0.15) is 36.7 Å². The molecule has 1 atom stereocenters. The van der Waals surface area contributed by atoms with Gasteiger partial charge >= 0.3 is 0 Å². The molecule has 0 aliphatic carbocycles. The van der Waals surface area contributed by atoms with Crippen LogP contribution in [0.25, 0.3) is 0 Å². The van der Waals surface area contributed by atoms with E-state index in [2.05, 4.69) is 33.8 Å². The molecule has 0 spiro atoms. The molecule has 9 heteroatoms. The minimum Gasteiger partial charge on any atom is -0.334 e. The van der Waals surface area contributed by atoms with Gasteiger partial charge in [0.05, 0.1) is 17.3 Å². The van der Waals surface area contributed by atoms with Gasteiger partial charge in [0, 0.05) is 25.6 Å². The number of aromatic nitrogens is 3. The number of thioether (sulfide) groups is 1. The number of carbonyl (C=O) groups excluding carboxylic acids is 1. The van der Waals surface area contributed by atoms with Gasteiger partial charge in [0.1, 0.15) is 5.82 Å². The summed E-state index contributed by atoms with van der Waals surface area (Å²) < 4.78 is 26.3. The topological polar surface area (TPSA) is 85.2 Å². The molecule has 1 fully saturated rings. The smallest absolute Gasteiger partial charge is 0.233 e. The van der Waals surface area contributed by atoms with Crippen LogP contribution in [-0.4, -0.2) is 57.3 Å². The lowest BCUT2D eigenvalue weighted by atomic mass is 10.1. The summed E-state index contributed by atoms with van der Waals surface area (Å²) in [5.74, 6) is 1.16. The van der Waals surface area contributed by atoms with Gasteiger partial charge in [-0.2, -0.15) is 0 Å². The Kier molecular flexibility index (Phi) is 8.05. The third kappa shape index (κ3) is 6.27. The van der Waals surface area contributed by atoms with Crippen LogP contribution in [0, 0.1) is 0 Å². The van der Waals surface area contributed by atoms with Gasteiger partial charge in [0.2, 0.25) is 5.91 Å². The minimum atomic E-state index is -3.10. The largest absolute Gasteiger partial charge is 0.334 e. The fraction of sp³-hybridized carbons (Fsp3) is 0.400. The molecule has 1 amide bonds. The van der Waals surface area contributed by atoms with E-state index in [0.29, 0.717) is 19.4 Å². The molecule has 180 valence electrons. The first-order chi connectivity index (χ1) is 16.4. The molecule has 7 nitrogen and oxygen atoms in total. The van der Waals surface area contributed by atoms with E-state index in [-0.39, 0.29) is 29.2 Å². The van der Waals surface area contributed by atoms with Crippen molar-refractivity contribution in [2.24, 2.45) is 0 Å². The Morgan fingerprint density at radius 3 is 2.35 bits per heavy atom. The molecule has 0 saturated carbocycles. The summed E-state index contributed by atoms with van der Waals surface area (Å²) in [6.45, 7) is 3.29. The van der Waals surface area contributed by atoms with Crippen molar-refractivity contribution < 1.29 is 13.2 Å². The van der Waals surface area contributed by atoms with Crippen molar-refractivity contribution >= 4 is 27.5 Å². The number of carbonyl (C=O) groups is 1. The monoisotopic (exact) mass is 498 g/mol. The Labute approximate surface area is 205 Å². The molecular formula is C25H30N4O3S2. The number of sulfone groups is 1. The minimum absolute atomic E-state index is 0.0312. The highest BCUT2D eigenvalue weighted by Crippen LogP contribution is 2.24. The number of benzene rings is 2. The number of hydrogen-bond donors (Lipinski definition) is 0. The molecule has 1 saturated heterocycles. The van der Waals surface area contributed by atoms with Crippen molar-refractivity contribution in [2.75, 3.05) is 17.3 Å². The lowest BCUT2D eigenvalue weighted by Gasteiger charge is -2.28. The van der Waals surface area contributed by atoms with Crippen LogP contribution in [0.3, 0.4) is 0 Å². The molecule has 0 N–H and O–H groups in total. The molecule has 2 heterocycles. The van der Waals surface area contributed by atoms with Gasteiger partial charge in [-0.1, -0.05) is 79.3 Å². The molecule has 1 aliphatic heterocycles. The van der Waals surface area contributed by atoms with E-state index in [1.54, 1.807) is 4.90 Å². The zero-order valence-electron chi connectivity index (χ0n) is 19.3. The fourth-order valence-electron chi connectivity index (χ4n) is 4.21. The molecule has 3 aromatic rings. The van der Waals surface area contributed by atoms with Crippen LogP contribution in [0.5, 0.6) is 0 Å². The molecule has 2 aromatic carbocycles. The lowest BCUT2D eigenvalue weighted by molar-refractivity contribution is -0.130. The van der Waals surface area contributed by atoms with Gasteiger partial charge in [0.25, 0.3) is 0 Å². The van der Waals surface area contributed by atoms with E-state index in [4.69, 9.17) is 0 Å². The summed E-state index contributed by atoms with van der Waals surface area (Å²) in [5, 5.41) is 9.50. The van der Waals surface area contributed by atoms with Crippen LogP contribution >= 0.6 is 11.8 Å². The average molecular weight is 499 g/mol. The number of rotatable bonds is 10. The first-order valence-corrected chi connectivity index (χ1v) is 14.4. The van der Waals surface area contributed by atoms with E-state index in [0.717, 1.165) is 35.1 Å². The summed E-state index contributed by atoms with van der Waals surface area (Å²) in [6, 6.07) is 19.6. The van der Waals surface area contributed by atoms with Gasteiger partial charge in [0.15, 0.2) is 15.0 Å². The van der Waals surface area contributed by atoms with Gasteiger partial charge in [-0.05, 0) is 24.0 Å². The summed E-state index contributed by atoms with van der Waals surface area (Å²) in [5.41, 5.74) is 2.15. The van der Waals surface area contributed by atoms with E-state index < -0.39 is 9.84 Å². The van der Waals surface area contributed by atoms with Crippen LogP contribution in [-0.2, 0) is 34.1 Å². The number of nitrogens with zero attached hydrogens (tertiary/aromatic N) is 4. The van der Waals surface area contributed by atoms with Crippen LogP contribution < -0.4 is 0 Å². The van der Waals surface area contributed by atoms with Crippen molar-refractivity contribution in [2.45, 2.75) is 50.5 Å². The first kappa shape index (κ1) is 24.5. The third-order valence-electron chi connectivity index (χ3n) is 5.94. The van der Waals surface area contributed by atoms with E-state index in [1.807, 2.05) is 48.5 Å². The summed E-state index contributed by atoms with van der Waals surface area (Å²) in [6.07, 6.45) is 2.10. The highest BCUT2D eigenvalue weighted by atomic mass is 32.2. The van der Waals surface area contributed by atoms with Gasteiger partial charge in [-0.25, -0.2) is 8.42 Å². The zero-order chi connectivity index (χ0) is 24.0. The lowest BCUT2D eigenvalue weighted by Crippen LogP contribution is -2.41. The molecule has 0 bridgehead atoms. The predicted octanol–water partition coefficient (Wildman–Crippen LogP) is 3.59. The maximum Gasteiger partial charge on any atom is 0.233 e. The second-order valence-electron chi connectivity index (χ2n) is 8.57. The van der Waals surface area contributed by atoms with Crippen molar-refractivity contribution in [3.8, 4) is 0 Å². The van der Waals surface area contributed by atoms with E-state index in [1.165, 1.54) is 11.8 Å². The molecule has 4 rings (SSSR count). The highest BCUT2D eigenvalue weighted by molar-refractivity contribution is 7.99. The van der Waals surface area contributed by atoms with Crippen molar-refractivity contribution in [3.05, 3.63) is 77.6 Å². The fourth-order valence-corrected chi connectivity index (χ4v) is 6.81. The highest BCUT2D eigenvalue weighted by Gasteiger charge is 2.34. The van der Waals surface area contributed by atoms with E-state index in [9.17, 15) is 13.2 Å². The Morgan fingerprint density at radius 1 is 1.06 bits per heavy atom. The Morgan fingerprint density at radius 2 is 1.74 bits per heavy atom. The maximum atomic E-state index is 13.3. The first-order valence-electron chi connectivity index (χ1n) is 11.6. The third-order valence-corrected chi connectivity index (χ3v) is 8.64. The molecule has 1 aliphatic rings. The summed E-state index contributed by atoms with van der Waals surface area (Å²) in [7, 11) is -3.10. The van der Waals surface area contributed by atoms with Crippen LogP contribution in [0.2, 0.25) is 0 Å². The molecular weight excluding hydrogens is 468 g/mol. The van der Waals surface area contributed by atoms with Gasteiger partial charge < -0.3 is 9.47 Å². The Balaban J connectivity index is 1.48. The van der Waals surface area contributed by atoms with Crippen molar-refractivity contribution in [1.29, 1.82) is 0 Å². The Hall–Kier alpha value is -2.65. The molecule has 34 heavy (non-hydrogen) atoms. The second-order valence-corrected chi connectivity index (χ2v) is 11.7. The summed E-state index contributed by atoms with van der Waals surface area (Å²) in [4.78, 5) is 15.1. The normalized spacial score (nSPS) is 17.0. The van der Waals surface area contributed by atoms with Gasteiger partial charge in [-0.3, -0.25) is 4.79 Å². The second kappa shape index (κ2) is 11.2. The number of amides is 1. The van der Waals surface area contributed by atoms with Crippen molar-refractivity contribution in [3.63, 3.8) is 0 Å². The standard InChI is InChI=1S/C25H30N4O3S2/c1-2-14-28-23(16-20-9-5-3-6-10-20)26-27-25(28)33-18-24(30)29(17-21-11-7-4-8-12-21)22-13-15-34(31,32)19-22/h3-12,22H,2,13-19H2,1H3/t22-/m1/s1. The maximum absolute atomic E-state index is 13.3. The molecule has 0 unspecified atom stereocenters. The van der Waals surface area contributed by atoms with E-state index >= 15 is 0 Å². The Bertz CT molecular complexity index is 1200. The average Bonchev–Trinajstić information content (AvgIpc) is 3.39. The zero-order valence-corrected chi connectivity index (χ0v) is 21.0. The molecule has 1 aromatic heterocycles. The van der Waals surface area contributed by atoms with Crippen molar-refractivity contribution in [1.82, 2.24) is 19.7 Å². The van der Waals surface area contributed by atoms with Gasteiger partial charge in [-0.15, -0.1) is 10.2 Å². The predicted molar refractivity (Wildman–Crippen MR) is 134 cm³/mol. The molecule has 0 radical (unpaired) electrons. The van der Waals surface area contributed by atoms with Crippen LogP contribution in [0.15, 0.2) is 65.8 Å². The van der Waals surface area contributed by atoms with Crippen LogP contribution in [0.4, 0.5) is 0 Å². The quantitative estimate of drug-likeness (QED) is 0.397. The SMILES string of the molecule is CCCn1c(Cc2ccccc2)nnc1SCC(=O)N(Cc1ccccc1)[C@@H]1CCS(=O)(=O)C1.